The van der Waals surface area contributed by atoms with Crippen molar-refractivity contribution in [1.29, 1.82) is 0 Å². The fourth-order valence-electron chi connectivity index (χ4n) is 2.44. The van der Waals surface area contributed by atoms with E-state index in [9.17, 15) is 4.79 Å². The van der Waals surface area contributed by atoms with Crippen molar-refractivity contribution < 1.29 is 4.79 Å². The van der Waals surface area contributed by atoms with Crippen molar-refractivity contribution in [3.63, 3.8) is 0 Å². The first-order valence-electron chi connectivity index (χ1n) is 8.53. The summed E-state index contributed by atoms with van der Waals surface area (Å²) in [7, 11) is 3.87. The molecule has 0 spiro atoms. The number of nitrogens with one attached hydrogen (secondary N) is 3. The third-order valence-electron chi connectivity index (χ3n) is 3.73. The monoisotopic (exact) mass is 362 g/mol. The molecule has 0 aliphatic heterocycles. The van der Waals surface area contributed by atoms with E-state index in [1.54, 1.807) is 0 Å². The van der Waals surface area contributed by atoms with Crippen molar-refractivity contribution in [2.75, 3.05) is 34.9 Å². The summed E-state index contributed by atoms with van der Waals surface area (Å²) in [5.41, 5.74) is 2.30. The van der Waals surface area contributed by atoms with Gasteiger partial charge in [0.25, 0.3) is 0 Å². The van der Waals surface area contributed by atoms with E-state index in [4.69, 9.17) is 0 Å². The molecule has 7 nitrogen and oxygen atoms in total. The number of amides is 2. The maximum Gasteiger partial charge on any atom is 0.323 e. The summed E-state index contributed by atoms with van der Waals surface area (Å²) in [4.78, 5) is 22.7. The lowest BCUT2D eigenvalue weighted by Crippen LogP contribution is -2.19. The second-order valence-corrected chi connectivity index (χ2v) is 6.20. The van der Waals surface area contributed by atoms with E-state index < -0.39 is 0 Å². The quantitative estimate of drug-likeness (QED) is 0.632. The maximum absolute atomic E-state index is 12.0. The number of rotatable bonds is 5. The minimum Gasteiger partial charge on any atom is -0.363 e. The third-order valence-corrected chi connectivity index (χ3v) is 3.73. The standard InChI is InChI=1S/C20H22N6O/c1-14-21-18(13-19(22-14)26(2)3)23-16-9-11-17(12-10-16)25-20(27)24-15-7-5-4-6-8-15/h4-13H,1-3H3,(H,21,22,23)(H2,24,25,27). The summed E-state index contributed by atoms with van der Waals surface area (Å²) in [5, 5.41) is 8.84. The van der Waals surface area contributed by atoms with Gasteiger partial charge in [0.1, 0.15) is 17.5 Å². The predicted octanol–water partition coefficient (Wildman–Crippen LogP) is 4.24. The Bertz CT molecular complexity index is 910. The first-order valence-corrected chi connectivity index (χ1v) is 8.53. The van der Waals surface area contributed by atoms with E-state index in [-0.39, 0.29) is 6.03 Å². The summed E-state index contributed by atoms with van der Waals surface area (Å²) in [5.74, 6) is 2.24. The molecule has 3 aromatic rings. The number of nitrogens with zero attached hydrogens (tertiary/aromatic N) is 3. The smallest absolute Gasteiger partial charge is 0.323 e. The molecule has 0 bridgehead atoms. The van der Waals surface area contributed by atoms with Crippen molar-refractivity contribution in [3.8, 4) is 0 Å². The van der Waals surface area contributed by atoms with E-state index in [2.05, 4.69) is 25.9 Å². The van der Waals surface area contributed by atoms with Crippen LogP contribution < -0.4 is 20.9 Å². The zero-order chi connectivity index (χ0) is 19.2. The van der Waals surface area contributed by atoms with Crippen LogP contribution >= 0.6 is 0 Å². The molecule has 2 aromatic carbocycles. The average molecular weight is 362 g/mol. The Morgan fingerprint density at radius 3 is 2.07 bits per heavy atom. The van der Waals surface area contributed by atoms with Gasteiger partial charge in [0, 0.05) is 37.2 Å². The van der Waals surface area contributed by atoms with Gasteiger partial charge in [-0.3, -0.25) is 0 Å². The molecule has 2 amide bonds. The Morgan fingerprint density at radius 2 is 1.44 bits per heavy atom. The van der Waals surface area contributed by atoms with E-state index >= 15 is 0 Å². The van der Waals surface area contributed by atoms with Gasteiger partial charge in [0.05, 0.1) is 0 Å². The van der Waals surface area contributed by atoms with Gasteiger partial charge in [-0.1, -0.05) is 18.2 Å². The fourth-order valence-corrected chi connectivity index (χ4v) is 2.44. The highest BCUT2D eigenvalue weighted by Crippen LogP contribution is 2.20. The minimum atomic E-state index is -0.288. The molecule has 7 heteroatoms. The van der Waals surface area contributed by atoms with Crippen LogP contribution in [0.15, 0.2) is 60.7 Å². The first-order chi connectivity index (χ1) is 13.0. The Balaban J connectivity index is 1.63. The molecule has 1 heterocycles. The highest BCUT2D eigenvalue weighted by molar-refractivity contribution is 5.99. The maximum atomic E-state index is 12.0. The Labute approximate surface area is 158 Å². The van der Waals surface area contributed by atoms with Gasteiger partial charge >= 0.3 is 6.03 Å². The van der Waals surface area contributed by atoms with Gasteiger partial charge in [-0.2, -0.15) is 0 Å². The van der Waals surface area contributed by atoms with Crippen molar-refractivity contribution in [1.82, 2.24) is 9.97 Å². The Kier molecular flexibility index (Phi) is 5.51. The zero-order valence-electron chi connectivity index (χ0n) is 15.5. The molecule has 27 heavy (non-hydrogen) atoms. The molecule has 0 saturated heterocycles. The number of urea groups is 1. The van der Waals surface area contributed by atoms with Crippen LogP contribution in [0.4, 0.5) is 33.5 Å². The lowest BCUT2D eigenvalue weighted by molar-refractivity contribution is 0.262. The number of aromatic nitrogens is 2. The summed E-state index contributed by atoms with van der Waals surface area (Å²) in [6.07, 6.45) is 0. The second kappa shape index (κ2) is 8.18. The molecular formula is C20H22N6O. The molecule has 138 valence electrons. The van der Waals surface area contributed by atoms with Crippen LogP contribution in [0.3, 0.4) is 0 Å². The van der Waals surface area contributed by atoms with Crippen LogP contribution in [0.5, 0.6) is 0 Å². The molecule has 1 aromatic heterocycles. The molecule has 0 aliphatic carbocycles. The minimum absolute atomic E-state index is 0.288. The lowest BCUT2D eigenvalue weighted by Gasteiger charge is -2.14. The van der Waals surface area contributed by atoms with Gasteiger partial charge in [0.15, 0.2) is 0 Å². The number of para-hydroxylation sites is 1. The van der Waals surface area contributed by atoms with Crippen LogP contribution in [-0.2, 0) is 0 Å². The van der Waals surface area contributed by atoms with Gasteiger partial charge in [0.2, 0.25) is 0 Å². The van der Waals surface area contributed by atoms with Gasteiger partial charge in [-0.15, -0.1) is 0 Å². The number of carbonyl (C=O) groups is 1. The second-order valence-electron chi connectivity index (χ2n) is 6.20. The van der Waals surface area contributed by atoms with Crippen LogP contribution in [-0.4, -0.2) is 30.1 Å². The third kappa shape index (κ3) is 5.18. The topological polar surface area (TPSA) is 82.2 Å². The summed E-state index contributed by atoms with van der Waals surface area (Å²) in [6, 6.07) is 18.3. The van der Waals surface area contributed by atoms with E-state index in [0.29, 0.717) is 17.3 Å². The molecule has 0 radical (unpaired) electrons. The number of hydrogen-bond acceptors (Lipinski definition) is 5. The number of hydrogen-bond donors (Lipinski definition) is 3. The highest BCUT2D eigenvalue weighted by atomic mass is 16.2. The molecule has 3 N–H and O–H groups in total. The van der Waals surface area contributed by atoms with Crippen molar-refractivity contribution in [2.24, 2.45) is 0 Å². The van der Waals surface area contributed by atoms with Gasteiger partial charge in [-0.25, -0.2) is 14.8 Å². The predicted molar refractivity (Wildman–Crippen MR) is 110 cm³/mol. The highest BCUT2D eigenvalue weighted by Gasteiger charge is 2.05. The van der Waals surface area contributed by atoms with E-state index in [1.165, 1.54) is 0 Å². The normalized spacial score (nSPS) is 10.2. The van der Waals surface area contributed by atoms with Crippen molar-refractivity contribution >= 4 is 34.7 Å². The molecular weight excluding hydrogens is 340 g/mol. The largest absolute Gasteiger partial charge is 0.363 e. The van der Waals surface area contributed by atoms with Gasteiger partial charge in [-0.05, 0) is 43.3 Å². The Hall–Kier alpha value is -3.61. The molecule has 0 unspecified atom stereocenters. The number of carbonyl (C=O) groups excluding carboxylic acids is 1. The number of aryl methyl sites for hydroxylation is 1. The van der Waals surface area contributed by atoms with Gasteiger partial charge < -0.3 is 20.9 Å². The number of anilines is 5. The lowest BCUT2D eigenvalue weighted by atomic mass is 10.2. The van der Waals surface area contributed by atoms with Crippen molar-refractivity contribution in [3.05, 3.63) is 66.5 Å². The summed E-state index contributed by atoms with van der Waals surface area (Å²) >= 11 is 0. The molecule has 3 rings (SSSR count). The summed E-state index contributed by atoms with van der Waals surface area (Å²) in [6.45, 7) is 1.86. The van der Waals surface area contributed by atoms with Crippen LogP contribution in [0.1, 0.15) is 5.82 Å². The molecule has 0 aliphatic rings. The molecule has 0 atom stereocenters. The molecule has 0 fully saturated rings. The first kappa shape index (κ1) is 18.2. The SMILES string of the molecule is Cc1nc(Nc2ccc(NC(=O)Nc3ccccc3)cc2)cc(N(C)C)n1. The molecule has 0 saturated carbocycles. The zero-order valence-corrected chi connectivity index (χ0v) is 15.5. The van der Waals surface area contributed by atoms with Crippen LogP contribution in [0.2, 0.25) is 0 Å². The van der Waals surface area contributed by atoms with Crippen LogP contribution in [0.25, 0.3) is 0 Å². The van der Waals surface area contributed by atoms with Crippen molar-refractivity contribution in [2.45, 2.75) is 6.92 Å². The average Bonchev–Trinajstić information content (AvgIpc) is 2.63. The number of benzene rings is 2. The fraction of sp³-hybridized carbons (Fsp3) is 0.150. The Morgan fingerprint density at radius 1 is 0.852 bits per heavy atom. The van der Waals surface area contributed by atoms with E-state index in [0.717, 1.165) is 17.2 Å². The summed E-state index contributed by atoms with van der Waals surface area (Å²) < 4.78 is 0. The van der Waals surface area contributed by atoms with Crippen LogP contribution in [0, 0.1) is 6.92 Å². The van der Waals surface area contributed by atoms with E-state index in [1.807, 2.05) is 86.6 Å².